The normalized spacial score (nSPS) is 9.89. The molecular formula is C14H28O5. The molecule has 0 unspecified atom stereocenters. The van der Waals surface area contributed by atoms with Gasteiger partial charge in [-0.3, -0.25) is 9.59 Å². The van der Waals surface area contributed by atoms with Crippen LogP contribution in [0.4, 0.5) is 0 Å². The average molecular weight is 276 g/mol. The maximum absolute atomic E-state index is 10.2. The number of aliphatic carboxylic acids is 2. The summed E-state index contributed by atoms with van der Waals surface area (Å²) >= 11 is 0. The minimum absolute atomic E-state index is 0.167. The summed E-state index contributed by atoms with van der Waals surface area (Å²) in [6.07, 6.45) is 6.99. The van der Waals surface area contributed by atoms with Crippen molar-refractivity contribution < 1.29 is 24.9 Å². The molecule has 0 aliphatic rings. The second-order valence-corrected chi connectivity index (χ2v) is 4.86. The van der Waals surface area contributed by atoms with E-state index < -0.39 is 11.9 Å². The molecular weight excluding hydrogens is 248 g/mol. The van der Waals surface area contributed by atoms with Crippen LogP contribution in [0.5, 0.6) is 0 Å². The third-order valence-electron chi connectivity index (χ3n) is 2.28. The molecule has 0 saturated carbocycles. The van der Waals surface area contributed by atoms with Crippen molar-refractivity contribution in [1.82, 2.24) is 0 Å². The van der Waals surface area contributed by atoms with Crippen molar-refractivity contribution in [2.24, 2.45) is 0 Å². The van der Waals surface area contributed by atoms with Crippen molar-refractivity contribution in [3.8, 4) is 0 Å². The molecule has 0 heterocycles. The third kappa shape index (κ3) is 31.6. The van der Waals surface area contributed by atoms with Gasteiger partial charge in [0.05, 0.1) is 0 Å². The predicted molar refractivity (Wildman–Crippen MR) is 74.2 cm³/mol. The van der Waals surface area contributed by atoms with Crippen molar-refractivity contribution in [3.63, 3.8) is 0 Å². The molecule has 3 N–H and O–H groups in total. The Morgan fingerprint density at radius 3 is 1.16 bits per heavy atom. The summed E-state index contributed by atoms with van der Waals surface area (Å²) in [7, 11) is 0. The second-order valence-electron chi connectivity index (χ2n) is 4.86. The van der Waals surface area contributed by atoms with Crippen LogP contribution in [0.3, 0.4) is 0 Å². The lowest BCUT2D eigenvalue weighted by Gasteiger charge is -1.99. The lowest BCUT2D eigenvalue weighted by Crippen LogP contribution is -1.94. The summed E-state index contributed by atoms with van der Waals surface area (Å²) < 4.78 is 0. The topological polar surface area (TPSA) is 94.8 Å². The summed E-state index contributed by atoms with van der Waals surface area (Å²) in [6, 6.07) is 0. The van der Waals surface area contributed by atoms with Gasteiger partial charge >= 0.3 is 11.9 Å². The van der Waals surface area contributed by atoms with Crippen LogP contribution in [0.2, 0.25) is 0 Å². The van der Waals surface area contributed by atoms with Gasteiger partial charge in [0.2, 0.25) is 0 Å². The van der Waals surface area contributed by atoms with Gasteiger partial charge in [-0.2, -0.15) is 0 Å². The molecule has 0 aromatic heterocycles. The standard InChI is InChI=1S/C11H20O4.C3H8O/c12-10(13)8-6-4-2-1-3-5-7-9-11(14)15;1-3(2)4/h1-9H2,(H,12,13)(H,14,15);3-4H,1-2H3. The first-order valence-electron chi connectivity index (χ1n) is 6.98. The van der Waals surface area contributed by atoms with Crippen LogP contribution < -0.4 is 0 Å². The van der Waals surface area contributed by atoms with E-state index in [1.807, 2.05) is 0 Å². The van der Waals surface area contributed by atoms with Crippen LogP contribution in [0, 0.1) is 0 Å². The fraction of sp³-hybridized carbons (Fsp3) is 0.857. The maximum Gasteiger partial charge on any atom is 0.303 e. The van der Waals surface area contributed by atoms with Crippen molar-refractivity contribution in [2.45, 2.75) is 77.7 Å². The van der Waals surface area contributed by atoms with Gasteiger partial charge in [-0.05, 0) is 26.7 Å². The Morgan fingerprint density at radius 2 is 0.947 bits per heavy atom. The Labute approximate surface area is 115 Å². The van der Waals surface area contributed by atoms with Gasteiger partial charge in [0.1, 0.15) is 0 Å². The first-order valence-corrected chi connectivity index (χ1v) is 6.98. The molecule has 0 fully saturated rings. The van der Waals surface area contributed by atoms with E-state index in [1.54, 1.807) is 13.8 Å². The molecule has 0 atom stereocenters. The van der Waals surface area contributed by atoms with Gasteiger partial charge in [-0.25, -0.2) is 0 Å². The fourth-order valence-corrected chi connectivity index (χ4v) is 1.44. The Hall–Kier alpha value is -1.10. The van der Waals surface area contributed by atoms with Gasteiger partial charge < -0.3 is 15.3 Å². The quantitative estimate of drug-likeness (QED) is 0.533. The molecule has 0 aromatic rings. The predicted octanol–water partition coefficient (Wildman–Crippen LogP) is 3.05. The summed E-state index contributed by atoms with van der Waals surface area (Å²) in [5.74, 6) is -1.45. The number of carboxylic acid groups (broad SMARTS) is 2. The Bertz CT molecular complexity index is 203. The molecule has 19 heavy (non-hydrogen) atoms. The highest BCUT2D eigenvalue weighted by molar-refractivity contribution is 5.66. The number of aliphatic hydroxyl groups excluding tert-OH is 1. The highest BCUT2D eigenvalue weighted by Gasteiger charge is 1.98. The van der Waals surface area contributed by atoms with Crippen LogP contribution >= 0.6 is 0 Å². The first-order chi connectivity index (χ1) is 8.86. The van der Waals surface area contributed by atoms with Crippen molar-refractivity contribution in [1.29, 1.82) is 0 Å². The smallest absolute Gasteiger partial charge is 0.303 e. The Morgan fingerprint density at radius 1 is 0.737 bits per heavy atom. The van der Waals surface area contributed by atoms with Crippen molar-refractivity contribution in [2.75, 3.05) is 0 Å². The molecule has 0 aromatic carbocycles. The number of unbranched alkanes of at least 4 members (excludes halogenated alkanes) is 6. The Kier molecular flexibility index (Phi) is 15.9. The fourth-order valence-electron chi connectivity index (χ4n) is 1.44. The molecule has 5 heteroatoms. The molecule has 0 radical (unpaired) electrons. The minimum atomic E-state index is -0.726. The SMILES string of the molecule is CC(C)O.O=C(O)CCCCCCCCCC(=O)O. The van der Waals surface area contributed by atoms with E-state index in [9.17, 15) is 9.59 Å². The average Bonchev–Trinajstić information content (AvgIpc) is 2.25. The molecule has 114 valence electrons. The van der Waals surface area contributed by atoms with Gasteiger partial charge in [-0.15, -0.1) is 0 Å². The number of hydrogen-bond donors (Lipinski definition) is 3. The molecule has 5 nitrogen and oxygen atoms in total. The summed E-state index contributed by atoms with van der Waals surface area (Å²) in [6.45, 7) is 3.44. The molecule has 0 rings (SSSR count). The highest BCUT2D eigenvalue weighted by atomic mass is 16.4. The highest BCUT2D eigenvalue weighted by Crippen LogP contribution is 2.09. The minimum Gasteiger partial charge on any atom is -0.481 e. The maximum atomic E-state index is 10.2. The van der Waals surface area contributed by atoms with Crippen LogP contribution in [-0.2, 0) is 9.59 Å². The van der Waals surface area contributed by atoms with Gasteiger partial charge in [0.25, 0.3) is 0 Å². The molecule has 0 spiro atoms. The number of hydrogen-bond acceptors (Lipinski definition) is 3. The Balaban J connectivity index is 0. The molecule has 0 amide bonds. The van der Waals surface area contributed by atoms with E-state index in [1.165, 1.54) is 0 Å². The zero-order valence-electron chi connectivity index (χ0n) is 12.1. The monoisotopic (exact) mass is 276 g/mol. The van der Waals surface area contributed by atoms with Crippen LogP contribution in [0.15, 0.2) is 0 Å². The van der Waals surface area contributed by atoms with Crippen LogP contribution in [0.1, 0.15) is 71.6 Å². The zero-order chi connectivity index (χ0) is 15.1. The zero-order valence-corrected chi connectivity index (χ0v) is 12.1. The summed E-state index contributed by atoms with van der Waals surface area (Å²) in [4.78, 5) is 20.4. The van der Waals surface area contributed by atoms with E-state index in [0.29, 0.717) is 0 Å². The number of carboxylic acids is 2. The van der Waals surface area contributed by atoms with E-state index >= 15 is 0 Å². The van der Waals surface area contributed by atoms with Crippen LogP contribution in [0.25, 0.3) is 0 Å². The lowest BCUT2D eigenvalue weighted by molar-refractivity contribution is -0.138. The van der Waals surface area contributed by atoms with Crippen molar-refractivity contribution in [3.05, 3.63) is 0 Å². The van der Waals surface area contributed by atoms with E-state index in [-0.39, 0.29) is 18.9 Å². The van der Waals surface area contributed by atoms with E-state index in [2.05, 4.69) is 0 Å². The molecule has 0 aliphatic carbocycles. The third-order valence-corrected chi connectivity index (χ3v) is 2.28. The van der Waals surface area contributed by atoms with E-state index in [0.717, 1.165) is 44.9 Å². The number of rotatable bonds is 10. The van der Waals surface area contributed by atoms with Gasteiger partial charge in [0.15, 0.2) is 0 Å². The van der Waals surface area contributed by atoms with Crippen LogP contribution in [-0.4, -0.2) is 33.4 Å². The molecule has 0 saturated heterocycles. The number of carbonyl (C=O) groups is 2. The number of aliphatic hydroxyl groups is 1. The largest absolute Gasteiger partial charge is 0.481 e. The second kappa shape index (κ2) is 15.0. The summed E-state index contributed by atoms with van der Waals surface area (Å²) in [5.41, 5.74) is 0. The van der Waals surface area contributed by atoms with Gasteiger partial charge in [-0.1, -0.05) is 32.1 Å². The lowest BCUT2D eigenvalue weighted by atomic mass is 10.1. The summed E-state index contributed by atoms with van der Waals surface area (Å²) in [5, 5.41) is 24.8. The van der Waals surface area contributed by atoms with Crippen molar-refractivity contribution >= 4 is 11.9 Å². The van der Waals surface area contributed by atoms with E-state index in [4.69, 9.17) is 15.3 Å². The molecule has 0 aliphatic heterocycles. The van der Waals surface area contributed by atoms with Gasteiger partial charge in [0, 0.05) is 18.9 Å². The molecule has 0 bridgehead atoms. The first kappa shape index (κ1) is 20.2.